The third-order valence-electron chi connectivity index (χ3n) is 1.40. The minimum absolute atomic E-state index is 0.164. The molecule has 0 aromatic rings. The van der Waals surface area contributed by atoms with E-state index in [0.717, 1.165) is 0 Å². The number of carbonyl (C=O) groups is 2. The van der Waals surface area contributed by atoms with E-state index >= 15 is 0 Å². The van der Waals surface area contributed by atoms with Crippen molar-refractivity contribution in [3.63, 3.8) is 0 Å². The van der Waals surface area contributed by atoms with Gasteiger partial charge in [-0.25, -0.2) is 4.79 Å². The number of ether oxygens (including phenoxy) is 1. The molecule has 13 heavy (non-hydrogen) atoms. The van der Waals surface area contributed by atoms with Crippen molar-refractivity contribution in [2.24, 2.45) is 0 Å². The molecule has 0 radical (unpaired) electrons. The van der Waals surface area contributed by atoms with Gasteiger partial charge in [0, 0.05) is 6.42 Å². The first-order chi connectivity index (χ1) is 6.11. The molecule has 0 bridgehead atoms. The van der Waals surface area contributed by atoms with Gasteiger partial charge in [-0.3, -0.25) is 4.79 Å². The molecule has 1 atom stereocenters. The minimum Gasteiger partial charge on any atom is -0.460 e. The average Bonchev–Trinajstić information content (AvgIpc) is 2.13. The van der Waals surface area contributed by atoms with Crippen molar-refractivity contribution in [3.8, 4) is 0 Å². The summed E-state index contributed by atoms with van der Waals surface area (Å²) >= 11 is 0. The third-order valence-corrected chi connectivity index (χ3v) is 1.40. The van der Waals surface area contributed by atoms with Crippen molar-refractivity contribution in [1.82, 2.24) is 5.32 Å². The highest BCUT2D eigenvalue weighted by Crippen LogP contribution is 1.89. The van der Waals surface area contributed by atoms with Crippen LogP contribution in [0, 0.1) is 0 Å². The van der Waals surface area contributed by atoms with Crippen molar-refractivity contribution in [2.45, 2.75) is 26.3 Å². The van der Waals surface area contributed by atoms with Gasteiger partial charge in [0.25, 0.3) is 0 Å². The highest BCUT2D eigenvalue weighted by molar-refractivity contribution is 5.83. The molecular weight excluding hydrogens is 170 g/mol. The second-order valence-electron chi connectivity index (χ2n) is 2.56. The summed E-state index contributed by atoms with van der Waals surface area (Å²) in [6, 6.07) is -0.590. The zero-order chi connectivity index (χ0) is 10.3. The predicted molar refractivity (Wildman–Crippen MR) is 49.1 cm³/mol. The van der Waals surface area contributed by atoms with E-state index in [-0.39, 0.29) is 12.5 Å². The zero-order valence-electron chi connectivity index (χ0n) is 8.00. The summed E-state index contributed by atoms with van der Waals surface area (Å²) in [5.74, 6) is -0.607. The van der Waals surface area contributed by atoms with E-state index in [2.05, 4.69) is 11.9 Å². The summed E-state index contributed by atoms with van der Waals surface area (Å²) < 4.78 is 4.73. The van der Waals surface area contributed by atoms with Crippen LogP contribution in [0.3, 0.4) is 0 Å². The smallest absolute Gasteiger partial charge is 0.328 e. The Morgan fingerprint density at radius 3 is 2.69 bits per heavy atom. The van der Waals surface area contributed by atoms with E-state index in [1.165, 1.54) is 6.08 Å². The summed E-state index contributed by atoms with van der Waals surface area (Å²) in [4.78, 5) is 21.9. The first kappa shape index (κ1) is 11.7. The molecule has 4 heteroatoms. The molecule has 0 saturated carbocycles. The van der Waals surface area contributed by atoms with Crippen molar-refractivity contribution in [3.05, 3.63) is 12.7 Å². The molecule has 1 N–H and O–H groups in total. The monoisotopic (exact) mass is 185 g/mol. The molecule has 0 spiro atoms. The van der Waals surface area contributed by atoms with E-state index in [1.807, 2.05) is 0 Å². The Hall–Kier alpha value is -1.32. The first-order valence-corrected chi connectivity index (χ1v) is 4.18. The number of esters is 1. The van der Waals surface area contributed by atoms with Gasteiger partial charge in [0.1, 0.15) is 12.6 Å². The summed E-state index contributed by atoms with van der Waals surface area (Å²) in [5, 5.41) is 2.49. The largest absolute Gasteiger partial charge is 0.460 e. The predicted octanol–water partition coefficient (Wildman–Crippen LogP) is 0.630. The van der Waals surface area contributed by atoms with Gasteiger partial charge in [-0.15, -0.1) is 0 Å². The Kier molecular flexibility index (Phi) is 5.59. The molecule has 0 fully saturated rings. The van der Waals surface area contributed by atoms with Crippen LogP contribution in [0.2, 0.25) is 0 Å². The SMILES string of the molecule is C=CCOC(=O)C(C)NC(=O)CC. The molecule has 0 saturated heterocycles. The molecule has 1 unspecified atom stereocenters. The maximum atomic E-state index is 11.1. The van der Waals surface area contributed by atoms with Gasteiger partial charge in [0.2, 0.25) is 5.91 Å². The van der Waals surface area contributed by atoms with Crippen molar-refractivity contribution in [1.29, 1.82) is 0 Å². The van der Waals surface area contributed by atoms with E-state index in [1.54, 1.807) is 13.8 Å². The van der Waals surface area contributed by atoms with Gasteiger partial charge in [0.15, 0.2) is 0 Å². The fourth-order valence-electron chi connectivity index (χ4n) is 0.669. The Labute approximate surface area is 78.0 Å². The van der Waals surface area contributed by atoms with Crippen molar-refractivity contribution < 1.29 is 14.3 Å². The van der Waals surface area contributed by atoms with Gasteiger partial charge in [-0.2, -0.15) is 0 Å². The molecule has 0 aromatic carbocycles. The quantitative estimate of drug-likeness (QED) is 0.505. The van der Waals surface area contributed by atoms with Crippen LogP contribution in [0.4, 0.5) is 0 Å². The highest BCUT2D eigenvalue weighted by Gasteiger charge is 2.14. The fraction of sp³-hybridized carbons (Fsp3) is 0.556. The first-order valence-electron chi connectivity index (χ1n) is 4.18. The van der Waals surface area contributed by atoms with E-state index in [9.17, 15) is 9.59 Å². The van der Waals surface area contributed by atoms with Crippen LogP contribution in [0.1, 0.15) is 20.3 Å². The molecule has 74 valence electrons. The number of hydrogen-bond donors (Lipinski definition) is 1. The number of hydrogen-bond acceptors (Lipinski definition) is 3. The summed E-state index contributed by atoms with van der Waals surface area (Å²) in [5.41, 5.74) is 0. The second-order valence-corrected chi connectivity index (χ2v) is 2.56. The molecule has 4 nitrogen and oxygen atoms in total. The Bertz CT molecular complexity index is 201. The normalized spacial score (nSPS) is 11.5. The lowest BCUT2D eigenvalue weighted by molar-refractivity contribution is -0.146. The molecule has 0 aromatic heterocycles. The van der Waals surface area contributed by atoms with Crippen molar-refractivity contribution in [2.75, 3.05) is 6.61 Å². The number of nitrogens with one attached hydrogen (secondary N) is 1. The van der Waals surface area contributed by atoms with Crippen LogP contribution in [-0.4, -0.2) is 24.5 Å². The number of carbonyl (C=O) groups excluding carboxylic acids is 2. The lowest BCUT2D eigenvalue weighted by Gasteiger charge is -2.11. The summed E-state index contributed by atoms with van der Waals surface area (Å²) in [7, 11) is 0. The average molecular weight is 185 g/mol. The lowest BCUT2D eigenvalue weighted by Crippen LogP contribution is -2.39. The van der Waals surface area contributed by atoms with Crippen molar-refractivity contribution >= 4 is 11.9 Å². The third kappa shape index (κ3) is 5.00. The maximum absolute atomic E-state index is 11.1. The molecule has 0 aliphatic rings. The van der Waals surface area contributed by atoms with Crippen LogP contribution < -0.4 is 5.32 Å². The number of rotatable bonds is 5. The van der Waals surface area contributed by atoms with Gasteiger partial charge >= 0.3 is 5.97 Å². The second kappa shape index (κ2) is 6.22. The van der Waals surface area contributed by atoms with Gasteiger partial charge < -0.3 is 10.1 Å². The number of amides is 1. The van der Waals surface area contributed by atoms with Gasteiger partial charge in [-0.1, -0.05) is 19.6 Å². The minimum atomic E-state index is -0.590. The van der Waals surface area contributed by atoms with Crippen LogP contribution in [-0.2, 0) is 14.3 Å². The standard InChI is InChI=1S/C9H15NO3/c1-4-6-13-9(12)7(3)10-8(11)5-2/h4,7H,1,5-6H2,2-3H3,(H,10,11). The fourth-order valence-corrected chi connectivity index (χ4v) is 0.669. The van der Waals surface area contributed by atoms with Crippen LogP contribution in [0.25, 0.3) is 0 Å². The Morgan fingerprint density at radius 2 is 2.23 bits per heavy atom. The van der Waals surface area contributed by atoms with Gasteiger partial charge in [0.05, 0.1) is 0 Å². The van der Waals surface area contributed by atoms with Crippen LogP contribution in [0.15, 0.2) is 12.7 Å². The summed E-state index contributed by atoms with van der Waals surface area (Å²) in [6.45, 7) is 6.88. The molecule has 0 heterocycles. The van der Waals surface area contributed by atoms with Gasteiger partial charge in [-0.05, 0) is 6.92 Å². The zero-order valence-corrected chi connectivity index (χ0v) is 8.00. The highest BCUT2D eigenvalue weighted by atomic mass is 16.5. The maximum Gasteiger partial charge on any atom is 0.328 e. The van der Waals surface area contributed by atoms with Crippen LogP contribution in [0.5, 0.6) is 0 Å². The van der Waals surface area contributed by atoms with Crippen LogP contribution >= 0.6 is 0 Å². The summed E-state index contributed by atoms with van der Waals surface area (Å²) in [6.07, 6.45) is 1.84. The molecule has 1 amide bonds. The molecule has 0 aliphatic heterocycles. The molecule has 0 rings (SSSR count). The van der Waals surface area contributed by atoms with E-state index in [4.69, 9.17) is 4.74 Å². The Balaban J connectivity index is 3.81. The lowest BCUT2D eigenvalue weighted by atomic mass is 10.3. The van der Waals surface area contributed by atoms with E-state index in [0.29, 0.717) is 6.42 Å². The molecular formula is C9H15NO3. The molecule has 0 aliphatic carbocycles. The van der Waals surface area contributed by atoms with E-state index < -0.39 is 12.0 Å². The Morgan fingerprint density at radius 1 is 1.62 bits per heavy atom. The topological polar surface area (TPSA) is 55.4 Å².